The van der Waals surface area contributed by atoms with E-state index in [1.54, 1.807) is 0 Å². The first kappa shape index (κ1) is 98.6. The van der Waals surface area contributed by atoms with Gasteiger partial charge in [0.15, 0.2) is 0 Å². The van der Waals surface area contributed by atoms with Gasteiger partial charge in [0.25, 0.3) is 0 Å². The van der Waals surface area contributed by atoms with E-state index in [4.69, 9.17) is 22.9 Å². The van der Waals surface area contributed by atoms with Gasteiger partial charge in [-0.05, 0) is 381 Å². The standard InChI is InChI=1S/C124H166N4/c1-9-17-25-33-45-103-85-115(107(49-37-29-21-13-5)81-99(103)53-41-77-125)91-57-65-95(66-58-91)119-89-120(96-67-59-92(60-68-96)116-86-104(46-34-26-18-10-2)100(54-42-78-126)82-108(116)50-38-30-22-14-6)112-75-76-114-122(98-71-63-94(64-72-98)118-88-106(48-36-28-20-12-4)102(56-44-80-128)84-110(118)52-40-32-24-16-8)90-121(113-74-73-111(119)123(112)124(113)114)97-69-61-93(62-70-97)117-87-105(47-35-27-19-11-3)101(55-43-79-127)83-109(117)51-39-31-23-15-7/h57-76,81-90H,9-56,77-80,125-128H2,1-8H3. The Kier molecular flexibility index (Phi) is 40.9. The van der Waals surface area contributed by atoms with Crippen molar-refractivity contribution < 1.29 is 0 Å². The van der Waals surface area contributed by atoms with E-state index >= 15 is 0 Å². The van der Waals surface area contributed by atoms with E-state index in [0.29, 0.717) is 26.2 Å². The highest BCUT2D eigenvalue weighted by molar-refractivity contribution is 6.32. The lowest BCUT2D eigenvalue weighted by Crippen LogP contribution is -2.05. The molecule has 4 heteroatoms. The predicted octanol–water partition coefficient (Wildman–Crippen LogP) is 34.5. The van der Waals surface area contributed by atoms with Crippen LogP contribution in [0.4, 0.5) is 0 Å². The van der Waals surface area contributed by atoms with Gasteiger partial charge < -0.3 is 22.9 Å². The third-order valence-corrected chi connectivity index (χ3v) is 28.6. The Hall–Kier alpha value is -8.48. The van der Waals surface area contributed by atoms with Gasteiger partial charge in [0.2, 0.25) is 0 Å². The average molecular weight is 1710 g/mol. The molecule has 0 atom stereocenters. The lowest BCUT2D eigenvalue weighted by molar-refractivity contribution is 0.660. The summed E-state index contributed by atoms with van der Waals surface area (Å²) in [5.74, 6) is 0. The molecule has 682 valence electrons. The van der Waals surface area contributed by atoms with Crippen molar-refractivity contribution in [2.75, 3.05) is 26.2 Å². The third kappa shape index (κ3) is 26.5. The summed E-state index contributed by atoms with van der Waals surface area (Å²) in [6, 6.07) is 75.9. The fourth-order valence-corrected chi connectivity index (χ4v) is 21.1. The molecule has 0 fully saturated rings. The second kappa shape index (κ2) is 53.1. The van der Waals surface area contributed by atoms with Crippen LogP contribution in [0.5, 0.6) is 0 Å². The molecule has 0 unspecified atom stereocenters. The van der Waals surface area contributed by atoms with Gasteiger partial charge in [-0.1, -0.05) is 379 Å². The smallest absolute Gasteiger partial charge is 0.00139 e. The molecule has 0 amide bonds. The molecule has 4 nitrogen and oxygen atoms in total. The highest BCUT2D eigenvalue weighted by Crippen LogP contribution is 2.50. The van der Waals surface area contributed by atoms with Crippen LogP contribution < -0.4 is 22.9 Å². The lowest BCUT2D eigenvalue weighted by Gasteiger charge is -2.22. The molecule has 0 saturated heterocycles. The minimum atomic E-state index is 0.717. The summed E-state index contributed by atoms with van der Waals surface area (Å²) in [7, 11) is 0. The Morgan fingerprint density at radius 1 is 0.141 bits per heavy atom. The van der Waals surface area contributed by atoms with Gasteiger partial charge >= 0.3 is 0 Å². The van der Waals surface area contributed by atoms with Crippen LogP contribution in [0, 0.1) is 0 Å². The second-order valence-corrected chi connectivity index (χ2v) is 38.5. The maximum Gasteiger partial charge on any atom is -0.00139 e. The summed E-state index contributed by atoms with van der Waals surface area (Å²) in [5, 5.41) is 7.85. The number of unbranched alkanes of at least 4 members (excludes halogenated alkanes) is 24. The Labute approximate surface area is 777 Å². The van der Waals surface area contributed by atoms with Crippen LogP contribution in [-0.4, -0.2) is 26.2 Å². The molecule has 12 aromatic carbocycles. The zero-order valence-corrected chi connectivity index (χ0v) is 81.4. The third-order valence-electron chi connectivity index (χ3n) is 28.6. The summed E-state index contributed by atoms with van der Waals surface area (Å²) >= 11 is 0. The van der Waals surface area contributed by atoms with E-state index in [-0.39, 0.29) is 0 Å². The summed E-state index contributed by atoms with van der Waals surface area (Å²) < 4.78 is 0. The number of nitrogens with two attached hydrogens (primary N) is 4. The van der Waals surface area contributed by atoms with E-state index in [1.165, 1.54) is 394 Å². The molecule has 128 heavy (non-hydrogen) atoms. The molecule has 0 aliphatic rings. The van der Waals surface area contributed by atoms with Crippen LogP contribution in [-0.2, 0) is 77.0 Å². The molecular formula is C124H166N4. The molecule has 0 radical (unpaired) electrons. The van der Waals surface area contributed by atoms with Crippen molar-refractivity contribution in [2.45, 2.75) is 364 Å². The van der Waals surface area contributed by atoms with Gasteiger partial charge in [-0.2, -0.15) is 0 Å². The number of benzene rings is 12. The lowest BCUT2D eigenvalue weighted by atomic mass is 9.81. The molecule has 12 rings (SSSR count). The highest BCUT2D eigenvalue weighted by atomic mass is 14.5. The maximum absolute atomic E-state index is 6.31. The normalized spacial score (nSPS) is 11.8. The van der Waals surface area contributed by atoms with E-state index in [9.17, 15) is 0 Å². The second-order valence-electron chi connectivity index (χ2n) is 38.5. The van der Waals surface area contributed by atoms with Crippen LogP contribution in [0.1, 0.15) is 353 Å². The fraction of sp³-hybridized carbons (Fsp3) is 0.484. The van der Waals surface area contributed by atoms with Gasteiger partial charge in [-0.15, -0.1) is 0 Å². The minimum absolute atomic E-state index is 0.717. The summed E-state index contributed by atoms with van der Waals surface area (Å²) in [5.41, 5.74) is 64.4. The van der Waals surface area contributed by atoms with Crippen molar-refractivity contribution >= 4 is 32.3 Å². The Balaban J connectivity index is 1.10. The van der Waals surface area contributed by atoms with E-state index in [0.717, 1.165) is 103 Å². The topological polar surface area (TPSA) is 104 Å². The van der Waals surface area contributed by atoms with Crippen LogP contribution in [0.3, 0.4) is 0 Å². The zero-order chi connectivity index (χ0) is 89.6. The van der Waals surface area contributed by atoms with Crippen molar-refractivity contribution in [3.8, 4) is 89.0 Å². The first-order chi connectivity index (χ1) is 63.0. The molecule has 8 N–H and O–H groups in total. The molecule has 0 heterocycles. The molecule has 0 aliphatic heterocycles. The first-order valence-corrected chi connectivity index (χ1v) is 52.7. The quantitative estimate of drug-likeness (QED) is 0.0225. The largest absolute Gasteiger partial charge is 0.330 e. The predicted molar refractivity (Wildman–Crippen MR) is 566 cm³/mol. The molecule has 0 aliphatic carbocycles. The number of hydrogen-bond acceptors (Lipinski definition) is 4. The Bertz CT molecular complexity index is 4650. The number of rotatable bonds is 60. The first-order valence-electron chi connectivity index (χ1n) is 52.7. The Morgan fingerprint density at radius 2 is 0.289 bits per heavy atom. The van der Waals surface area contributed by atoms with Gasteiger partial charge in [0.1, 0.15) is 0 Å². The minimum Gasteiger partial charge on any atom is -0.330 e. The van der Waals surface area contributed by atoms with Gasteiger partial charge in [0, 0.05) is 0 Å². The summed E-state index contributed by atoms with van der Waals surface area (Å²) in [6.07, 6.45) is 57.0. The summed E-state index contributed by atoms with van der Waals surface area (Å²) in [6.45, 7) is 21.5. The van der Waals surface area contributed by atoms with Crippen LogP contribution in [0.25, 0.3) is 121 Å². The molecule has 0 saturated carbocycles. The van der Waals surface area contributed by atoms with Crippen LogP contribution in [0.15, 0.2) is 182 Å². The zero-order valence-electron chi connectivity index (χ0n) is 81.4. The van der Waals surface area contributed by atoms with Crippen LogP contribution >= 0.6 is 0 Å². The molecule has 0 spiro atoms. The maximum atomic E-state index is 6.31. The van der Waals surface area contributed by atoms with Crippen molar-refractivity contribution in [3.63, 3.8) is 0 Å². The van der Waals surface area contributed by atoms with Crippen molar-refractivity contribution in [2.24, 2.45) is 22.9 Å². The average Bonchev–Trinajstić information content (AvgIpc) is 0.705. The number of hydrogen-bond donors (Lipinski definition) is 4. The summed E-state index contributed by atoms with van der Waals surface area (Å²) in [4.78, 5) is 0. The van der Waals surface area contributed by atoms with Crippen molar-refractivity contribution in [1.29, 1.82) is 0 Å². The van der Waals surface area contributed by atoms with Gasteiger partial charge in [-0.25, -0.2) is 0 Å². The van der Waals surface area contributed by atoms with Gasteiger partial charge in [0.05, 0.1) is 0 Å². The molecule has 0 bridgehead atoms. The van der Waals surface area contributed by atoms with E-state index < -0.39 is 0 Å². The van der Waals surface area contributed by atoms with E-state index in [1.807, 2.05) is 0 Å². The van der Waals surface area contributed by atoms with Crippen molar-refractivity contribution in [3.05, 3.63) is 249 Å². The Morgan fingerprint density at radius 3 is 0.453 bits per heavy atom. The SMILES string of the molecule is CCCCCCc1cc(-c2ccc(-c3cc(-c4ccc(-c5cc(CCCCCC)c(CCCN)cc5CCCCCC)cc4)c4ccc5c(-c6ccc(-c7cc(CCCCCC)c(CCCN)cc7CCCCCC)cc6)cc(-c6ccc(-c7cc(CCCCCC)c(CCCN)cc7CCCCCC)cc6)c6ccc3c4c65)cc2)c(CCCCCC)cc1CCCN. The molecule has 12 aromatic rings. The fourth-order valence-electron chi connectivity index (χ4n) is 21.1. The van der Waals surface area contributed by atoms with E-state index in [2.05, 4.69) is 237 Å². The van der Waals surface area contributed by atoms with Gasteiger partial charge in [-0.3, -0.25) is 0 Å². The monoisotopic (exact) mass is 1710 g/mol. The molecular weight excluding hydrogens is 1550 g/mol. The molecule has 0 aromatic heterocycles. The van der Waals surface area contributed by atoms with Crippen molar-refractivity contribution in [1.82, 2.24) is 0 Å². The van der Waals surface area contributed by atoms with Crippen LogP contribution in [0.2, 0.25) is 0 Å². The highest BCUT2D eigenvalue weighted by Gasteiger charge is 2.25. The number of aryl methyl sites for hydroxylation is 12.